The number of morpholine rings is 1. The zero-order valence-corrected chi connectivity index (χ0v) is 15.1. The molecular formula is C18H21FN2O3S. The van der Waals surface area contributed by atoms with E-state index >= 15 is 0 Å². The van der Waals surface area contributed by atoms with Gasteiger partial charge in [0, 0.05) is 18.8 Å². The summed E-state index contributed by atoms with van der Waals surface area (Å²) < 4.78 is 47.3. The lowest BCUT2D eigenvalue weighted by Gasteiger charge is -2.29. The number of hydrogen-bond acceptors (Lipinski definition) is 4. The van der Waals surface area contributed by atoms with Gasteiger partial charge in [-0.25, -0.2) is 12.8 Å². The number of hydrogen-bond donors (Lipinski definition) is 1. The van der Waals surface area contributed by atoms with Crippen LogP contribution in [0.3, 0.4) is 0 Å². The molecule has 2 aromatic rings. The van der Waals surface area contributed by atoms with Gasteiger partial charge in [-0.05, 0) is 49.2 Å². The summed E-state index contributed by atoms with van der Waals surface area (Å²) in [6.07, 6.45) is 0. The van der Waals surface area contributed by atoms with E-state index in [2.05, 4.69) is 4.72 Å². The minimum absolute atomic E-state index is 0.0510. The highest BCUT2D eigenvalue weighted by molar-refractivity contribution is 7.92. The van der Waals surface area contributed by atoms with Gasteiger partial charge < -0.3 is 9.64 Å². The molecule has 1 aliphatic heterocycles. The van der Waals surface area contributed by atoms with Gasteiger partial charge in [0.15, 0.2) is 0 Å². The highest BCUT2D eigenvalue weighted by atomic mass is 32.2. The topological polar surface area (TPSA) is 58.6 Å². The van der Waals surface area contributed by atoms with E-state index in [1.807, 2.05) is 17.9 Å². The molecular weight excluding hydrogens is 343 g/mol. The number of anilines is 2. The van der Waals surface area contributed by atoms with Crippen molar-refractivity contribution < 1.29 is 17.5 Å². The minimum Gasteiger partial charge on any atom is -0.378 e. The molecule has 0 aliphatic carbocycles. The monoisotopic (exact) mass is 364 g/mol. The molecule has 1 heterocycles. The second-order valence-corrected chi connectivity index (χ2v) is 7.79. The Kier molecular flexibility index (Phi) is 4.96. The average Bonchev–Trinajstić information content (AvgIpc) is 2.59. The Morgan fingerprint density at radius 2 is 1.80 bits per heavy atom. The fraction of sp³-hybridized carbons (Fsp3) is 0.333. The van der Waals surface area contributed by atoms with Crippen LogP contribution in [0.5, 0.6) is 0 Å². The quantitative estimate of drug-likeness (QED) is 0.906. The molecule has 0 saturated carbocycles. The van der Waals surface area contributed by atoms with Gasteiger partial charge in [0.2, 0.25) is 0 Å². The van der Waals surface area contributed by atoms with Crippen molar-refractivity contribution >= 4 is 21.4 Å². The molecule has 1 saturated heterocycles. The average molecular weight is 364 g/mol. The zero-order valence-electron chi connectivity index (χ0n) is 14.3. The van der Waals surface area contributed by atoms with E-state index in [-0.39, 0.29) is 10.6 Å². The summed E-state index contributed by atoms with van der Waals surface area (Å²) in [7, 11) is -3.87. The van der Waals surface area contributed by atoms with Crippen LogP contribution in [0.25, 0.3) is 0 Å². The molecule has 1 N–H and O–H groups in total. The van der Waals surface area contributed by atoms with Crippen LogP contribution in [-0.4, -0.2) is 34.7 Å². The molecule has 0 amide bonds. The van der Waals surface area contributed by atoms with E-state index in [0.29, 0.717) is 31.9 Å². The number of nitrogens with zero attached hydrogens (tertiary/aromatic N) is 1. The maximum absolute atomic E-state index is 14.2. The molecule has 1 aliphatic rings. The Balaban J connectivity index is 1.92. The van der Waals surface area contributed by atoms with E-state index in [1.54, 1.807) is 25.1 Å². The Labute approximate surface area is 147 Å². The van der Waals surface area contributed by atoms with Gasteiger partial charge in [-0.1, -0.05) is 12.1 Å². The summed E-state index contributed by atoms with van der Waals surface area (Å²) in [5.74, 6) is -0.606. The highest BCUT2D eigenvalue weighted by Gasteiger charge is 2.20. The first-order valence-corrected chi connectivity index (χ1v) is 9.57. The van der Waals surface area contributed by atoms with Crippen molar-refractivity contribution in [2.45, 2.75) is 18.7 Å². The van der Waals surface area contributed by atoms with E-state index in [9.17, 15) is 12.8 Å². The summed E-state index contributed by atoms with van der Waals surface area (Å²) in [5.41, 5.74) is 2.16. The molecule has 0 radical (unpaired) electrons. The van der Waals surface area contributed by atoms with Crippen LogP contribution in [0, 0.1) is 19.7 Å². The summed E-state index contributed by atoms with van der Waals surface area (Å²) in [6, 6.07) is 9.63. The molecule has 3 rings (SSSR count). The number of halogens is 1. The van der Waals surface area contributed by atoms with E-state index in [1.165, 1.54) is 12.1 Å². The number of sulfonamides is 1. The van der Waals surface area contributed by atoms with Crippen molar-refractivity contribution in [3.63, 3.8) is 0 Å². The van der Waals surface area contributed by atoms with Crippen LogP contribution in [0.15, 0.2) is 41.3 Å². The zero-order chi connectivity index (χ0) is 18.0. The maximum Gasteiger partial charge on any atom is 0.262 e. The van der Waals surface area contributed by atoms with E-state index in [0.717, 1.165) is 11.3 Å². The third kappa shape index (κ3) is 3.93. The number of benzene rings is 2. The number of rotatable bonds is 4. The van der Waals surface area contributed by atoms with Crippen LogP contribution in [0.2, 0.25) is 0 Å². The molecule has 0 bridgehead atoms. The second-order valence-electron chi connectivity index (χ2n) is 6.14. The summed E-state index contributed by atoms with van der Waals surface area (Å²) in [6.45, 7) is 6.11. The van der Waals surface area contributed by atoms with E-state index < -0.39 is 15.8 Å². The van der Waals surface area contributed by atoms with Gasteiger partial charge in [0.05, 0.1) is 23.8 Å². The Morgan fingerprint density at radius 3 is 2.52 bits per heavy atom. The molecule has 1 fully saturated rings. The first-order chi connectivity index (χ1) is 11.9. The molecule has 7 heteroatoms. The van der Waals surface area contributed by atoms with Crippen molar-refractivity contribution in [2.24, 2.45) is 0 Å². The van der Waals surface area contributed by atoms with Crippen molar-refractivity contribution in [3.05, 3.63) is 53.3 Å². The second kappa shape index (κ2) is 7.01. The number of nitrogens with one attached hydrogen (secondary N) is 1. The lowest BCUT2D eigenvalue weighted by atomic mass is 10.2. The predicted molar refractivity (Wildman–Crippen MR) is 96.2 cm³/mol. The van der Waals surface area contributed by atoms with Crippen molar-refractivity contribution in [3.8, 4) is 0 Å². The normalized spacial score (nSPS) is 15.2. The van der Waals surface area contributed by atoms with Crippen LogP contribution in [0.1, 0.15) is 11.1 Å². The first kappa shape index (κ1) is 17.7. The molecule has 25 heavy (non-hydrogen) atoms. The lowest BCUT2D eigenvalue weighted by Crippen LogP contribution is -2.36. The van der Waals surface area contributed by atoms with Crippen molar-refractivity contribution in [2.75, 3.05) is 35.9 Å². The molecule has 0 aromatic heterocycles. The van der Waals surface area contributed by atoms with Crippen LogP contribution in [0.4, 0.5) is 15.8 Å². The number of aryl methyl sites for hydroxylation is 2. The van der Waals surface area contributed by atoms with Gasteiger partial charge in [0.25, 0.3) is 10.0 Å². The number of ether oxygens (including phenoxy) is 1. The lowest BCUT2D eigenvalue weighted by molar-refractivity contribution is 0.122. The van der Waals surface area contributed by atoms with Crippen LogP contribution >= 0.6 is 0 Å². The van der Waals surface area contributed by atoms with Crippen LogP contribution < -0.4 is 9.62 Å². The molecule has 0 spiro atoms. The molecule has 5 nitrogen and oxygen atoms in total. The molecule has 0 atom stereocenters. The largest absolute Gasteiger partial charge is 0.378 e. The predicted octanol–water partition coefficient (Wildman–Crippen LogP) is 3.08. The summed E-state index contributed by atoms with van der Waals surface area (Å²) >= 11 is 0. The maximum atomic E-state index is 14.2. The standard InChI is InChI=1S/C18H21FN2O3S/c1-13-3-4-14(2)18(11-13)25(22,23)20-17-12-15(5-6-16(17)19)21-7-9-24-10-8-21/h3-6,11-12,20H,7-10H2,1-2H3. The Morgan fingerprint density at radius 1 is 1.08 bits per heavy atom. The van der Waals surface area contributed by atoms with E-state index in [4.69, 9.17) is 4.74 Å². The fourth-order valence-corrected chi connectivity index (χ4v) is 4.20. The SMILES string of the molecule is Cc1ccc(C)c(S(=O)(=O)Nc2cc(N3CCOCC3)ccc2F)c1. The Hall–Kier alpha value is -2.12. The van der Waals surface area contributed by atoms with Crippen molar-refractivity contribution in [1.82, 2.24) is 0 Å². The molecule has 134 valence electrons. The third-order valence-electron chi connectivity index (χ3n) is 4.20. The van der Waals surface area contributed by atoms with Gasteiger partial charge in [-0.15, -0.1) is 0 Å². The van der Waals surface area contributed by atoms with Gasteiger partial charge in [-0.2, -0.15) is 0 Å². The highest BCUT2D eigenvalue weighted by Crippen LogP contribution is 2.27. The molecule has 2 aromatic carbocycles. The summed E-state index contributed by atoms with van der Waals surface area (Å²) in [4.78, 5) is 2.20. The van der Waals surface area contributed by atoms with Crippen molar-refractivity contribution in [1.29, 1.82) is 0 Å². The summed E-state index contributed by atoms with van der Waals surface area (Å²) in [5, 5.41) is 0. The fourth-order valence-electron chi connectivity index (χ4n) is 2.81. The first-order valence-electron chi connectivity index (χ1n) is 8.09. The minimum atomic E-state index is -3.87. The van der Waals surface area contributed by atoms with Crippen LogP contribution in [-0.2, 0) is 14.8 Å². The van der Waals surface area contributed by atoms with Gasteiger partial charge in [-0.3, -0.25) is 4.72 Å². The van der Waals surface area contributed by atoms with Gasteiger partial charge >= 0.3 is 0 Å². The Bertz CT molecular complexity index is 878. The molecule has 0 unspecified atom stereocenters. The van der Waals surface area contributed by atoms with Gasteiger partial charge in [0.1, 0.15) is 5.82 Å². The smallest absolute Gasteiger partial charge is 0.262 e. The third-order valence-corrected chi connectivity index (χ3v) is 5.71.